The average molecular weight is 452 g/mol. The van der Waals surface area contributed by atoms with Gasteiger partial charge < -0.3 is 25.4 Å². The van der Waals surface area contributed by atoms with Crippen LogP contribution >= 0.6 is 11.6 Å². The number of ether oxygens (including phenoxy) is 2. The van der Waals surface area contributed by atoms with E-state index in [2.05, 4.69) is 16.0 Å². The minimum atomic E-state index is -0.919. The predicted octanol–water partition coefficient (Wildman–Crippen LogP) is 2.16. The second-order valence-corrected chi connectivity index (χ2v) is 7.37. The average Bonchev–Trinajstić information content (AvgIpc) is 2.75. The quantitative estimate of drug-likeness (QED) is 0.494. The predicted molar refractivity (Wildman–Crippen MR) is 113 cm³/mol. The number of amides is 3. The molecule has 3 N–H and O–H groups in total. The lowest BCUT2D eigenvalue weighted by Crippen LogP contribution is -2.48. The number of hydrogen-bond acceptors (Lipinski definition) is 6. The first-order chi connectivity index (χ1) is 14.8. The molecule has 0 spiro atoms. The first-order valence-electron chi connectivity index (χ1n) is 9.93. The summed E-state index contributed by atoms with van der Waals surface area (Å²) < 4.78 is 10.3. The van der Waals surface area contributed by atoms with Gasteiger partial charge in [0.1, 0.15) is 12.6 Å². The van der Waals surface area contributed by atoms with E-state index in [0.717, 1.165) is 0 Å². The summed E-state index contributed by atoms with van der Waals surface area (Å²) in [6, 6.07) is 4.83. The highest BCUT2D eigenvalue weighted by Crippen LogP contribution is 2.15. The van der Waals surface area contributed by atoms with Crippen molar-refractivity contribution >= 4 is 35.5 Å². The van der Waals surface area contributed by atoms with Crippen LogP contribution in [0.3, 0.4) is 0 Å². The first kappa shape index (κ1) is 24.2. The number of nitrogens with one attached hydrogen (secondary N) is 3. The van der Waals surface area contributed by atoms with Gasteiger partial charge in [-0.3, -0.25) is 4.79 Å². The van der Waals surface area contributed by atoms with Crippen LogP contribution in [-0.4, -0.2) is 49.7 Å². The van der Waals surface area contributed by atoms with E-state index in [1.807, 2.05) is 13.8 Å². The Balaban J connectivity index is 2.12. The summed E-state index contributed by atoms with van der Waals surface area (Å²) >= 11 is 5.85. The molecule has 2 atom stereocenters. The zero-order chi connectivity index (χ0) is 23.0. The molecule has 0 radical (unpaired) electrons. The maximum Gasteiger partial charge on any atom is 0.337 e. The molecular formula is C21H26ClN3O6. The first-order valence-corrected chi connectivity index (χ1v) is 10.3. The Morgan fingerprint density at radius 2 is 1.84 bits per heavy atom. The molecule has 1 aromatic carbocycles. The molecule has 31 heavy (non-hydrogen) atoms. The molecular weight excluding hydrogens is 426 g/mol. The summed E-state index contributed by atoms with van der Waals surface area (Å²) in [6.07, 6.45) is 0.609. The summed E-state index contributed by atoms with van der Waals surface area (Å²) in [6.45, 7) is 5.13. The Morgan fingerprint density at radius 3 is 2.45 bits per heavy atom. The molecule has 1 aromatic rings. The number of carbonyl (C=O) groups excluding carboxylic acids is 4. The molecule has 0 unspecified atom stereocenters. The van der Waals surface area contributed by atoms with Crippen molar-refractivity contribution in [1.82, 2.24) is 16.0 Å². The van der Waals surface area contributed by atoms with Crippen molar-refractivity contribution < 1.29 is 28.7 Å². The van der Waals surface area contributed by atoms with Gasteiger partial charge >= 0.3 is 18.0 Å². The maximum absolute atomic E-state index is 12.8. The highest BCUT2D eigenvalue weighted by molar-refractivity contribution is 6.30. The lowest BCUT2D eigenvalue weighted by molar-refractivity contribution is -0.147. The standard InChI is InChI=1S/C21H26ClN3O6/c1-4-12(3)17(25-18(26)13-6-8-14(22)9-7-13)20(28)31-11-16-15(19(27)30-5-2)10-23-21(29)24-16/h6-9,12,17H,4-5,10-11H2,1-3H3,(H,25,26)(H2,23,24,29)/t12-,17-/m0/s1. The van der Waals surface area contributed by atoms with Gasteiger partial charge in [0.25, 0.3) is 5.91 Å². The van der Waals surface area contributed by atoms with E-state index in [1.165, 1.54) is 0 Å². The highest BCUT2D eigenvalue weighted by Gasteiger charge is 2.30. The molecule has 1 aliphatic rings. The lowest BCUT2D eigenvalue weighted by Gasteiger charge is -2.25. The number of carbonyl (C=O) groups is 4. The van der Waals surface area contributed by atoms with Crippen molar-refractivity contribution in [1.29, 1.82) is 0 Å². The molecule has 1 heterocycles. The zero-order valence-electron chi connectivity index (χ0n) is 17.6. The molecule has 0 saturated heterocycles. The van der Waals surface area contributed by atoms with Gasteiger partial charge in [-0.15, -0.1) is 0 Å². The normalized spacial score (nSPS) is 15.3. The summed E-state index contributed by atoms with van der Waals surface area (Å²) in [5, 5.41) is 8.12. The third-order valence-corrected chi connectivity index (χ3v) is 5.05. The van der Waals surface area contributed by atoms with Crippen molar-refractivity contribution in [3.05, 3.63) is 46.1 Å². The van der Waals surface area contributed by atoms with Crippen molar-refractivity contribution in [2.24, 2.45) is 5.92 Å². The maximum atomic E-state index is 12.8. The number of benzene rings is 1. The van der Waals surface area contributed by atoms with Gasteiger partial charge in [-0.1, -0.05) is 31.9 Å². The Morgan fingerprint density at radius 1 is 1.16 bits per heavy atom. The van der Waals surface area contributed by atoms with Gasteiger partial charge in [0, 0.05) is 10.6 Å². The van der Waals surface area contributed by atoms with E-state index in [4.69, 9.17) is 21.1 Å². The third kappa shape index (κ3) is 6.71. The van der Waals surface area contributed by atoms with E-state index in [9.17, 15) is 19.2 Å². The van der Waals surface area contributed by atoms with Crippen molar-refractivity contribution in [3.8, 4) is 0 Å². The topological polar surface area (TPSA) is 123 Å². The fourth-order valence-corrected chi connectivity index (χ4v) is 2.92. The Hall–Kier alpha value is -3.07. The van der Waals surface area contributed by atoms with E-state index < -0.39 is 29.9 Å². The molecule has 3 amide bonds. The van der Waals surface area contributed by atoms with Gasteiger partial charge in [-0.2, -0.15) is 0 Å². The van der Waals surface area contributed by atoms with Crippen molar-refractivity contribution in [2.45, 2.75) is 33.2 Å². The molecule has 1 aliphatic heterocycles. The Labute approximate surface area is 185 Å². The van der Waals surface area contributed by atoms with E-state index in [0.29, 0.717) is 17.0 Å². The molecule has 9 nitrogen and oxygen atoms in total. The number of esters is 2. The van der Waals surface area contributed by atoms with Crippen molar-refractivity contribution in [3.63, 3.8) is 0 Å². The van der Waals surface area contributed by atoms with Crippen LogP contribution in [0.5, 0.6) is 0 Å². The summed E-state index contributed by atoms with van der Waals surface area (Å²) in [5.41, 5.74) is 0.658. The van der Waals surface area contributed by atoms with Crippen LogP contribution in [0.4, 0.5) is 4.79 Å². The zero-order valence-corrected chi connectivity index (χ0v) is 18.4. The smallest absolute Gasteiger partial charge is 0.337 e. The summed E-state index contributed by atoms with van der Waals surface area (Å²) in [5.74, 6) is -1.96. The van der Waals surface area contributed by atoms with Crippen LogP contribution < -0.4 is 16.0 Å². The van der Waals surface area contributed by atoms with Gasteiger partial charge in [-0.05, 0) is 37.1 Å². The Kier molecular flexibility index (Phi) is 8.87. The van der Waals surface area contributed by atoms with Gasteiger partial charge in [0.05, 0.1) is 24.4 Å². The number of urea groups is 1. The number of rotatable bonds is 9. The Bertz CT molecular complexity index is 868. The van der Waals surface area contributed by atoms with Gasteiger partial charge in [0.2, 0.25) is 0 Å². The minimum Gasteiger partial charge on any atom is -0.463 e. The fraction of sp³-hybridized carbons (Fsp3) is 0.429. The highest BCUT2D eigenvalue weighted by atomic mass is 35.5. The van der Waals surface area contributed by atoms with Crippen LogP contribution in [0.15, 0.2) is 35.5 Å². The van der Waals surface area contributed by atoms with Gasteiger partial charge in [0.15, 0.2) is 0 Å². The lowest BCUT2D eigenvalue weighted by atomic mass is 9.98. The van der Waals surface area contributed by atoms with Crippen LogP contribution in [0, 0.1) is 5.92 Å². The molecule has 2 rings (SSSR count). The molecule has 0 fully saturated rings. The van der Waals surface area contributed by atoms with E-state index in [1.54, 1.807) is 31.2 Å². The molecule has 0 aliphatic carbocycles. The monoisotopic (exact) mass is 451 g/mol. The molecule has 0 bridgehead atoms. The molecule has 168 valence electrons. The minimum absolute atomic E-state index is 0.0420. The molecule has 0 saturated carbocycles. The second-order valence-electron chi connectivity index (χ2n) is 6.94. The molecule has 10 heteroatoms. The van der Waals surface area contributed by atoms with Crippen LogP contribution in [0.1, 0.15) is 37.6 Å². The molecule has 0 aromatic heterocycles. The van der Waals surface area contributed by atoms with E-state index >= 15 is 0 Å². The number of halogens is 1. The van der Waals surface area contributed by atoms with Crippen LogP contribution in [0.2, 0.25) is 5.02 Å². The van der Waals surface area contributed by atoms with E-state index in [-0.39, 0.29) is 36.9 Å². The largest absolute Gasteiger partial charge is 0.463 e. The summed E-state index contributed by atoms with van der Waals surface area (Å²) in [7, 11) is 0. The third-order valence-electron chi connectivity index (χ3n) is 4.79. The summed E-state index contributed by atoms with van der Waals surface area (Å²) in [4.78, 5) is 49.1. The fourth-order valence-electron chi connectivity index (χ4n) is 2.80. The van der Waals surface area contributed by atoms with Crippen LogP contribution in [-0.2, 0) is 19.1 Å². The van der Waals surface area contributed by atoms with Gasteiger partial charge in [-0.25, -0.2) is 14.4 Å². The van der Waals surface area contributed by atoms with Crippen LogP contribution in [0.25, 0.3) is 0 Å². The van der Waals surface area contributed by atoms with Crippen molar-refractivity contribution in [2.75, 3.05) is 19.8 Å². The number of hydrogen-bond donors (Lipinski definition) is 3. The SMILES string of the molecule is CCOC(=O)C1=C(COC(=O)[C@@H](NC(=O)c2ccc(Cl)cc2)[C@@H](C)CC)NC(=O)NC1. The second kappa shape index (κ2) is 11.4.